The summed E-state index contributed by atoms with van der Waals surface area (Å²) in [5.41, 5.74) is 0. The second kappa shape index (κ2) is 8.98. The van der Waals surface area contributed by atoms with Gasteiger partial charge < -0.3 is 15.7 Å². The first-order chi connectivity index (χ1) is 8.02. The van der Waals surface area contributed by atoms with Crippen molar-refractivity contribution in [3.63, 3.8) is 0 Å². The summed E-state index contributed by atoms with van der Waals surface area (Å²) in [6.45, 7) is 7.12. The highest BCUT2D eigenvalue weighted by molar-refractivity contribution is 5.84. The number of hydrogen-bond donors (Lipinski definition) is 3. The van der Waals surface area contributed by atoms with Crippen molar-refractivity contribution in [3.05, 3.63) is 0 Å². The summed E-state index contributed by atoms with van der Waals surface area (Å²) in [4.78, 5) is 22.7. The Balaban J connectivity index is 4.15. The van der Waals surface area contributed by atoms with E-state index in [1.807, 2.05) is 13.8 Å². The molecule has 0 aliphatic carbocycles. The fourth-order valence-electron chi connectivity index (χ4n) is 1.43. The number of amides is 1. The van der Waals surface area contributed by atoms with Crippen LogP contribution in [0, 0.1) is 5.92 Å². The van der Waals surface area contributed by atoms with Gasteiger partial charge in [-0.1, -0.05) is 33.6 Å². The van der Waals surface area contributed by atoms with E-state index >= 15 is 0 Å². The maximum Gasteiger partial charge on any atom is 0.326 e. The van der Waals surface area contributed by atoms with Crippen molar-refractivity contribution in [2.24, 2.45) is 5.92 Å². The molecule has 17 heavy (non-hydrogen) atoms. The van der Waals surface area contributed by atoms with E-state index in [-0.39, 0.29) is 11.8 Å². The van der Waals surface area contributed by atoms with Gasteiger partial charge in [-0.25, -0.2) is 4.79 Å². The van der Waals surface area contributed by atoms with Crippen molar-refractivity contribution in [1.29, 1.82) is 0 Å². The molecular weight excluding hydrogens is 220 g/mol. The first kappa shape index (κ1) is 15.9. The van der Waals surface area contributed by atoms with Gasteiger partial charge in [0.2, 0.25) is 5.91 Å². The Hall–Kier alpha value is -1.10. The largest absolute Gasteiger partial charge is 0.480 e. The van der Waals surface area contributed by atoms with E-state index in [4.69, 9.17) is 5.11 Å². The first-order valence-electron chi connectivity index (χ1n) is 6.26. The van der Waals surface area contributed by atoms with Gasteiger partial charge in [-0.3, -0.25) is 4.79 Å². The van der Waals surface area contributed by atoms with Crippen molar-refractivity contribution in [1.82, 2.24) is 10.6 Å². The van der Waals surface area contributed by atoms with Crippen LogP contribution in [0.4, 0.5) is 0 Å². The molecule has 2 unspecified atom stereocenters. The average Bonchev–Trinajstić information content (AvgIpc) is 2.30. The summed E-state index contributed by atoms with van der Waals surface area (Å²) in [7, 11) is 0. The van der Waals surface area contributed by atoms with Crippen LogP contribution in [-0.4, -0.2) is 36.1 Å². The Morgan fingerprint density at radius 3 is 2.41 bits per heavy atom. The molecule has 0 aliphatic rings. The lowest BCUT2D eigenvalue weighted by Crippen LogP contribution is -2.45. The molecule has 0 radical (unpaired) electrons. The molecule has 0 spiro atoms. The van der Waals surface area contributed by atoms with Gasteiger partial charge >= 0.3 is 5.97 Å². The SMILES string of the molecule is CCCCC(NC(=O)C(C)CNCC)C(=O)O. The second-order valence-electron chi connectivity index (χ2n) is 4.25. The third kappa shape index (κ3) is 6.94. The molecule has 5 nitrogen and oxygen atoms in total. The van der Waals surface area contributed by atoms with Crippen molar-refractivity contribution in [3.8, 4) is 0 Å². The third-order valence-electron chi connectivity index (χ3n) is 2.61. The number of carboxylic acids is 1. The van der Waals surface area contributed by atoms with Gasteiger partial charge in [0.05, 0.1) is 0 Å². The number of aliphatic carboxylic acids is 1. The topological polar surface area (TPSA) is 78.4 Å². The molecule has 0 aliphatic heterocycles. The van der Waals surface area contributed by atoms with Crippen LogP contribution in [0.3, 0.4) is 0 Å². The van der Waals surface area contributed by atoms with Crippen LogP contribution in [0.5, 0.6) is 0 Å². The van der Waals surface area contributed by atoms with Gasteiger partial charge in [0, 0.05) is 12.5 Å². The van der Waals surface area contributed by atoms with Crippen LogP contribution in [-0.2, 0) is 9.59 Å². The monoisotopic (exact) mass is 244 g/mol. The number of hydrogen-bond acceptors (Lipinski definition) is 3. The summed E-state index contributed by atoms with van der Waals surface area (Å²) >= 11 is 0. The lowest BCUT2D eigenvalue weighted by molar-refractivity contribution is -0.142. The standard InChI is InChI=1S/C12H24N2O3/c1-4-6-7-10(12(16)17)14-11(15)9(3)8-13-5-2/h9-10,13H,4-8H2,1-3H3,(H,14,15)(H,16,17). The third-order valence-corrected chi connectivity index (χ3v) is 2.61. The van der Waals surface area contributed by atoms with Crippen molar-refractivity contribution in [2.45, 2.75) is 46.1 Å². The Labute approximate surface area is 103 Å². The minimum Gasteiger partial charge on any atom is -0.480 e. The van der Waals surface area contributed by atoms with Gasteiger partial charge in [-0.05, 0) is 13.0 Å². The first-order valence-corrected chi connectivity index (χ1v) is 6.26. The normalized spacial score (nSPS) is 14.1. The van der Waals surface area contributed by atoms with E-state index in [1.165, 1.54) is 0 Å². The molecule has 0 heterocycles. The number of carbonyl (C=O) groups is 2. The molecule has 3 N–H and O–H groups in total. The second-order valence-corrected chi connectivity index (χ2v) is 4.25. The average molecular weight is 244 g/mol. The minimum atomic E-state index is -0.956. The zero-order chi connectivity index (χ0) is 13.3. The van der Waals surface area contributed by atoms with E-state index in [9.17, 15) is 9.59 Å². The van der Waals surface area contributed by atoms with Crippen LogP contribution in [0.25, 0.3) is 0 Å². The van der Waals surface area contributed by atoms with Crippen LogP contribution >= 0.6 is 0 Å². The van der Waals surface area contributed by atoms with E-state index in [0.29, 0.717) is 13.0 Å². The van der Waals surface area contributed by atoms with Gasteiger partial charge in [-0.15, -0.1) is 0 Å². The number of nitrogens with one attached hydrogen (secondary N) is 2. The predicted octanol–water partition coefficient (Wildman–Crippen LogP) is 0.992. The highest BCUT2D eigenvalue weighted by atomic mass is 16.4. The molecule has 0 aromatic heterocycles. The van der Waals surface area contributed by atoms with Crippen molar-refractivity contribution in [2.75, 3.05) is 13.1 Å². The summed E-state index contributed by atoms with van der Waals surface area (Å²) < 4.78 is 0. The van der Waals surface area contributed by atoms with Crippen LogP contribution in [0.1, 0.15) is 40.0 Å². The number of carboxylic acid groups (broad SMARTS) is 1. The fourth-order valence-corrected chi connectivity index (χ4v) is 1.43. The summed E-state index contributed by atoms with van der Waals surface area (Å²) in [6, 6.07) is -0.758. The summed E-state index contributed by atoms with van der Waals surface area (Å²) in [5, 5.41) is 14.6. The highest BCUT2D eigenvalue weighted by Crippen LogP contribution is 2.03. The molecule has 0 saturated carbocycles. The molecule has 0 aromatic carbocycles. The van der Waals surface area contributed by atoms with Crippen molar-refractivity contribution < 1.29 is 14.7 Å². The molecule has 1 amide bonds. The number of carbonyl (C=O) groups excluding carboxylic acids is 1. The molecule has 0 rings (SSSR count). The fraction of sp³-hybridized carbons (Fsp3) is 0.833. The van der Waals surface area contributed by atoms with E-state index in [0.717, 1.165) is 19.4 Å². The van der Waals surface area contributed by atoms with Crippen LogP contribution in [0.2, 0.25) is 0 Å². The smallest absolute Gasteiger partial charge is 0.326 e. The maximum absolute atomic E-state index is 11.7. The van der Waals surface area contributed by atoms with E-state index in [2.05, 4.69) is 10.6 Å². The molecule has 2 atom stereocenters. The van der Waals surface area contributed by atoms with Gasteiger partial charge in [0.15, 0.2) is 0 Å². The molecule has 0 bridgehead atoms. The van der Waals surface area contributed by atoms with Crippen LogP contribution < -0.4 is 10.6 Å². The molecule has 0 saturated heterocycles. The quantitative estimate of drug-likeness (QED) is 0.565. The zero-order valence-corrected chi connectivity index (χ0v) is 11.0. The Morgan fingerprint density at radius 1 is 1.29 bits per heavy atom. The van der Waals surface area contributed by atoms with E-state index < -0.39 is 12.0 Å². The van der Waals surface area contributed by atoms with Gasteiger partial charge in [-0.2, -0.15) is 0 Å². The van der Waals surface area contributed by atoms with Gasteiger partial charge in [0.25, 0.3) is 0 Å². The van der Waals surface area contributed by atoms with E-state index in [1.54, 1.807) is 6.92 Å². The number of rotatable bonds is 9. The highest BCUT2D eigenvalue weighted by Gasteiger charge is 2.21. The Bertz CT molecular complexity index is 244. The maximum atomic E-state index is 11.7. The van der Waals surface area contributed by atoms with Crippen LogP contribution in [0.15, 0.2) is 0 Å². The zero-order valence-electron chi connectivity index (χ0n) is 11.0. The lowest BCUT2D eigenvalue weighted by Gasteiger charge is -2.17. The Morgan fingerprint density at radius 2 is 1.94 bits per heavy atom. The molecule has 100 valence electrons. The molecule has 0 aromatic rings. The van der Waals surface area contributed by atoms with Gasteiger partial charge in [0.1, 0.15) is 6.04 Å². The predicted molar refractivity (Wildman–Crippen MR) is 66.8 cm³/mol. The molecular formula is C12H24N2O3. The Kier molecular flexibility index (Phi) is 8.40. The lowest BCUT2D eigenvalue weighted by atomic mass is 10.1. The number of unbranched alkanes of at least 4 members (excludes halogenated alkanes) is 1. The molecule has 5 heteroatoms. The molecule has 0 fully saturated rings. The minimum absolute atomic E-state index is 0.200. The summed E-state index contributed by atoms with van der Waals surface area (Å²) in [5.74, 6) is -1.37. The van der Waals surface area contributed by atoms with Crippen molar-refractivity contribution >= 4 is 11.9 Å². The summed E-state index contributed by atoms with van der Waals surface area (Å²) in [6.07, 6.45) is 2.22.